The molecule has 0 saturated carbocycles. The van der Waals surface area contributed by atoms with Crippen LogP contribution in [-0.4, -0.2) is 37.1 Å². The summed E-state index contributed by atoms with van der Waals surface area (Å²) < 4.78 is 5.19. The Balaban J connectivity index is 2.38. The second-order valence-corrected chi connectivity index (χ2v) is 2.76. The van der Waals surface area contributed by atoms with Gasteiger partial charge in [0.2, 0.25) is 0 Å². The summed E-state index contributed by atoms with van der Waals surface area (Å²) in [6.45, 7) is 1.61. The van der Waals surface area contributed by atoms with Crippen molar-refractivity contribution in [1.29, 1.82) is 0 Å². The van der Waals surface area contributed by atoms with Crippen molar-refractivity contribution in [1.82, 2.24) is 4.90 Å². The molecule has 0 aromatic carbocycles. The van der Waals surface area contributed by atoms with E-state index < -0.39 is 0 Å². The Labute approximate surface area is 66.6 Å². The Bertz CT molecular complexity index is 157. The molecule has 0 radical (unpaired) electrons. The normalized spacial score (nSPS) is 19.0. The van der Waals surface area contributed by atoms with E-state index >= 15 is 0 Å². The van der Waals surface area contributed by atoms with E-state index in [9.17, 15) is 4.79 Å². The quantitative estimate of drug-likeness (QED) is 0.542. The van der Waals surface area contributed by atoms with E-state index in [1.807, 2.05) is 11.9 Å². The summed E-state index contributed by atoms with van der Waals surface area (Å²) in [6, 6.07) is 0.463. The topological polar surface area (TPSA) is 29.5 Å². The van der Waals surface area contributed by atoms with Gasteiger partial charge in [-0.2, -0.15) is 0 Å². The van der Waals surface area contributed by atoms with Crippen LogP contribution in [0.3, 0.4) is 0 Å². The van der Waals surface area contributed by atoms with Crippen molar-refractivity contribution in [3.05, 3.63) is 6.20 Å². The van der Waals surface area contributed by atoms with Gasteiger partial charge in [0.25, 0.3) is 0 Å². The number of carbonyl (C=O) groups excluding carboxylic acids is 1. The minimum atomic E-state index is 0.463. The molecule has 0 atom stereocenters. The minimum Gasteiger partial charge on any atom is -0.381 e. The Morgan fingerprint density at radius 3 is 2.73 bits per heavy atom. The summed E-state index contributed by atoms with van der Waals surface area (Å²) in [5.74, 6) is 1.77. The third-order valence-electron chi connectivity index (χ3n) is 2.02. The van der Waals surface area contributed by atoms with Gasteiger partial charge in [0.15, 0.2) is 0 Å². The van der Waals surface area contributed by atoms with E-state index in [1.165, 1.54) is 6.20 Å². The van der Waals surface area contributed by atoms with Crippen LogP contribution in [0.25, 0.3) is 0 Å². The predicted molar refractivity (Wildman–Crippen MR) is 41.9 cm³/mol. The molecule has 0 N–H and O–H groups in total. The Hall–Kier alpha value is -0.790. The van der Waals surface area contributed by atoms with Gasteiger partial charge in [0.1, 0.15) is 5.94 Å². The van der Waals surface area contributed by atoms with Gasteiger partial charge in [-0.05, 0) is 12.8 Å². The first-order valence-electron chi connectivity index (χ1n) is 3.85. The third-order valence-corrected chi connectivity index (χ3v) is 2.02. The molecule has 1 aliphatic heterocycles. The molecule has 0 unspecified atom stereocenters. The van der Waals surface area contributed by atoms with Crippen LogP contribution >= 0.6 is 0 Å². The van der Waals surface area contributed by atoms with Gasteiger partial charge < -0.3 is 9.64 Å². The smallest absolute Gasteiger partial charge is 0.142 e. The second-order valence-electron chi connectivity index (χ2n) is 2.76. The molecular weight excluding hydrogens is 142 g/mol. The van der Waals surface area contributed by atoms with E-state index in [1.54, 1.807) is 5.94 Å². The van der Waals surface area contributed by atoms with Crippen LogP contribution in [-0.2, 0) is 9.53 Å². The lowest BCUT2D eigenvalue weighted by molar-refractivity contribution is 0.0561. The van der Waals surface area contributed by atoms with Gasteiger partial charge in [-0.3, -0.25) is 0 Å². The van der Waals surface area contributed by atoms with Crippen LogP contribution in [0, 0.1) is 0 Å². The molecule has 0 aromatic heterocycles. The molecule has 1 fully saturated rings. The predicted octanol–water partition coefficient (Wildman–Crippen LogP) is 0.443. The molecule has 3 nitrogen and oxygen atoms in total. The molecule has 1 aliphatic rings. The van der Waals surface area contributed by atoms with Gasteiger partial charge in [0.05, 0.1) is 6.20 Å². The Kier molecular flexibility index (Phi) is 3.14. The highest BCUT2D eigenvalue weighted by molar-refractivity contribution is 5.44. The average Bonchev–Trinajstić information content (AvgIpc) is 2.07. The van der Waals surface area contributed by atoms with Gasteiger partial charge in [-0.15, -0.1) is 0 Å². The summed E-state index contributed by atoms with van der Waals surface area (Å²) in [7, 11) is 1.90. The van der Waals surface area contributed by atoms with E-state index in [2.05, 4.69) is 0 Å². The summed E-state index contributed by atoms with van der Waals surface area (Å²) in [4.78, 5) is 11.9. The van der Waals surface area contributed by atoms with Crippen molar-refractivity contribution in [3.63, 3.8) is 0 Å². The molecule has 1 heterocycles. The maximum absolute atomic E-state index is 10.0. The van der Waals surface area contributed by atoms with E-state index in [0.29, 0.717) is 6.04 Å². The van der Waals surface area contributed by atoms with Crippen molar-refractivity contribution in [2.75, 3.05) is 20.3 Å². The lowest BCUT2D eigenvalue weighted by atomic mass is 10.1. The molecule has 0 aromatic rings. The van der Waals surface area contributed by atoms with E-state index in [4.69, 9.17) is 4.74 Å². The SMILES string of the molecule is CN(C=C=O)C1CCOCC1. The second kappa shape index (κ2) is 4.16. The highest BCUT2D eigenvalue weighted by Gasteiger charge is 2.15. The highest BCUT2D eigenvalue weighted by atomic mass is 16.5. The van der Waals surface area contributed by atoms with Crippen molar-refractivity contribution in [3.8, 4) is 0 Å². The lowest BCUT2D eigenvalue weighted by Gasteiger charge is -2.29. The monoisotopic (exact) mass is 155 g/mol. The number of nitrogens with zero attached hydrogens (tertiary/aromatic N) is 1. The number of hydrogen-bond donors (Lipinski definition) is 0. The molecule has 3 heteroatoms. The van der Waals surface area contributed by atoms with Crippen LogP contribution in [0.2, 0.25) is 0 Å². The van der Waals surface area contributed by atoms with Gasteiger partial charge in [0, 0.05) is 26.3 Å². The third kappa shape index (κ3) is 2.37. The molecule has 0 aliphatic carbocycles. The van der Waals surface area contributed by atoms with Gasteiger partial charge in [-0.25, -0.2) is 4.79 Å². The Morgan fingerprint density at radius 2 is 2.18 bits per heavy atom. The fourth-order valence-electron chi connectivity index (χ4n) is 1.28. The number of hydrogen-bond acceptors (Lipinski definition) is 3. The van der Waals surface area contributed by atoms with Crippen LogP contribution in [0.15, 0.2) is 6.20 Å². The maximum atomic E-state index is 10.0. The van der Waals surface area contributed by atoms with Crippen molar-refractivity contribution >= 4 is 5.94 Å². The molecule has 1 saturated heterocycles. The van der Waals surface area contributed by atoms with Crippen LogP contribution in [0.5, 0.6) is 0 Å². The van der Waals surface area contributed by atoms with Crippen molar-refractivity contribution < 1.29 is 9.53 Å². The first-order valence-corrected chi connectivity index (χ1v) is 3.85. The first-order chi connectivity index (χ1) is 5.34. The molecule has 11 heavy (non-hydrogen) atoms. The summed E-state index contributed by atoms with van der Waals surface area (Å²) in [5.41, 5.74) is 0. The summed E-state index contributed by atoms with van der Waals surface area (Å²) >= 11 is 0. The van der Waals surface area contributed by atoms with E-state index in [-0.39, 0.29) is 0 Å². The zero-order chi connectivity index (χ0) is 8.10. The molecule has 0 amide bonds. The first kappa shape index (κ1) is 8.31. The highest BCUT2D eigenvalue weighted by Crippen LogP contribution is 2.11. The summed E-state index contributed by atoms with van der Waals surface area (Å²) in [5, 5.41) is 0. The zero-order valence-corrected chi connectivity index (χ0v) is 6.75. The fraction of sp³-hybridized carbons (Fsp3) is 0.750. The van der Waals surface area contributed by atoms with Crippen molar-refractivity contribution in [2.45, 2.75) is 18.9 Å². The van der Waals surface area contributed by atoms with Gasteiger partial charge >= 0.3 is 0 Å². The lowest BCUT2D eigenvalue weighted by Crippen LogP contribution is -2.33. The van der Waals surface area contributed by atoms with Crippen LogP contribution in [0.1, 0.15) is 12.8 Å². The van der Waals surface area contributed by atoms with E-state index in [0.717, 1.165) is 26.1 Å². The molecule has 62 valence electrons. The van der Waals surface area contributed by atoms with Crippen LogP contribution < -0.4 is 0 Å². The fourth-order valence-corrected chi connectivity index (χ4v) is 1.28. The molecule has 0 bridgehead atoms. The summed E-state index contributed by atoms with van der Waals surface area (Å²) in [6.07, 6.45) is 3.47. The average molecular weight is 155 g/mol. The minimum absolute atomic E-state index is 0.463. The maximum Gasteiger partial charge on any atom is 0.142 e. The van der Waals surface area contributed by atoms with Crippen molar-refractivity contribution in [2.24, 2.45) is 0 Å². The zero-order valence-electron chi connectivity index (χ0n) is 6.75. The van der Waals surface area contributed by atoms with Crippen LogP contribution in [0.4, 0.5) is 0 Å². The number of ether oxygens (including phenoxy) is 1. The van der Waals surface area contributed by atoms with Gasteiger partial charge in [-0.1, -0.05) is 0 Å². The number of rotatable bonds is 2. The largest absolute Gasteiger partial charge is 0.381 e. The molecule has 1 rings (SSSR count). The Morgan fingerprint density at radius 1 is 1.55 bits per heavy atom. The molecule has 0 spiro atoms. The molecular formula is C8H13NO2. The standard InChI is InChI=1S/C8H13NO2/c1-9(4-5-10)8-2-6-11-7-3-8/h4,8H,2-3,6-7H2,1H3.